The van der Waals surface area contributed by atoms with Crippen LogP contribution in [0.2, 0.25) is 0 Å². The molecule has 1 amide bonds. The van der Waals surface area contributed by atoms with Gasteiger partial charge in [0.25, 0.3) is 0 Å². The van der Waals surface area contributed by atoms with E-state index in [0.29, 0.717) is 19.6 Å². The van der Waals surface area contributed by atoms with E-state index in [0.717, 1.165) is 23.6 Å². The van der Waals surface area contributed by atoms with E-state index in [1.165, 1.54) is 4.90 Å². The van der Waals surface area contributed by atoms with E-state index in [9.17, 15) is 27.9 Å². The minimum atomic E-state index is -4.64. The van der Waals surface area contributed by atoms with Crippen LogP contribution in [0.4, 0.5) is 13.2 Å². The number of likely N-dealkylation sites (tertiary alicyclic amines) is 1. The number of fused-ring (bicyclic) bond motifs is 1. The molecule has 29 heavy (non-hydrogen) atoms. The monoisotopic (exact) mass is 415 g/mol. The Labute approximate surface area is 165 Å². The van der Waals surface area contributed by atoms with E-state index >= 15 is 0 Å². The summed E-state index contributed by atoms with van der Waals surface area (Å²) in [5.74, 6) is -1.59. The van der Waals surface area contributed by atoms with Gasteiger partial charge in [0.15, 0.2) is 5.69 Å². The van der Waals surface area contributed by atoms with Gasteiger partial charge in [-0.05, 0) is 36.7 Å². The maximum Gasteiger partial charge on any atom is 0.435 e. The molecular weight excluding hydrogens is 391 g/mol. The van der Waals surface area contributed by atoms with Crippen molar-refractivity contribution < 1.29 is 32.6 Å². The zero-order valence-corrected chi connectivity index (χ0v) is 16.3. The topological polar surface area (TPSA) is 84.7 Å². The van der Waals surface area contributed by atoms with Crippen molar-refractivity contribution in [1.29, 1.82) is 0 Å². The van der Waals surface area contributed by atoms with Crippen molar-refractivity contribution in [3.63, 3.8) is 0 Å². The average Bonchev–Trinajstić information content (AvgIpc) is 3.04. The molecule has 4 atom stereocenters. The molecule has 1 N–H and O–H groups in total. The lowest BCUT2D eigenvalue weighted by Gasteiger charge is -2.29. The largest absolute Gasteiger partial charge is 0.480 e. The number of hydrogen-bond acceptors (Lipinski definition) is 4. The van der Waals surface area contributed by atoms with Gasteiger partial charge in [-0.15, -0.1) is 0 Å². The molecule has 3 fully saturated rings. The second-order valence-corrected chi connectivity index (χ2v) is 8.74. The Balaban J connectivity index is 1.58. The van der Waals surface area contributed by atoms with Crippen molar-refractivity contribution in [3.8, 4) is 0 Å². The van der Waals surface area contributed by atoms with Crippen molar-refractivity contribution in [2.24, 2.45) is 17.3 Å². The predicted molar refractivity (Wildman–Crippen MR) is 93.7 cm³/mol. The third kappa shape index (κ3) is 3.41. The van der Waals surface area contributed by atoms with Gasteiger partial charge >= 0.3 is 12.1 Å². The zero-order valence-electron chi connectivity index (χ0n) is 16.3. The van der Waals surface area contributed by atoms with E-state index in [4.69, 9.17) is 4.74 Å². The van der Waals surface area contributed by atoms with Gasteiger partial charge in [-0.25, -0.2) is 9.48 Å². The highest BCUT2D eigenvalue weighted by Crippen LogP contribution is 2.64. The van der Waals surface area contributed by atoms with Crippen LogP contribution in [0.3, 0.4) is 0 Å². The SMILES string of the molecule is CC1(C)[C@@H]2[C@@H](C(=O)O)N(C(=O)Cc3cc(C(F)(F)F)nn3C3CCCCO3)C[C@@H]21. The number of ether oxygens (including phenoxy) is 1. The Kier molecular flexibility index (Phi) is 4.67. The van der Waals surface area contributed by atoms with Gasteiger partial charge in [-0.2, -0.15) is 18.3 Å². The first-order valence-corrected chi connectivity index (χ1v) is 9.81. The molecule has 0 radical (unpaired) electrons. The second kappa shape index (κ2) is 6.72. The highest BCUT2D eigenvalue weighted by molar-refractivity contribution is 5.86. The van der Waals surface area contributed by atoms with Crippen LogP contribution in [0.5, 0.6) is 0 Å². The number of carbonyl (C=O) groups is 2. The molecule has 2 aliphatic heterocycles. The molecular formula is C19H24F3N3O4. The Morgan fingerprint density at radius 3 is 2.66 bits per heavy atom. The van der Waals surface area contributed by atoms with E-state index in [2.05, 4.69) is 5.10 Å². The smallest absolute Gasteiger partial charge is 0.435 e. The Bertz CT molecular complexity index is 829. The number of amides is 1. The van der Waals surface area contributed by atoms with Crippen molar-refractivity contribution in [1.82, 2.24) is 14.7 Å². The van der Waals surface area contributed by atoms with E-state index in [1.54, 1.807) is 0 Å². The number of hydrogen-bond donors (Lipinski definition) is 1. The minimum absolute atomic E-state index is 0.0956. The van der Waals surface area contributed by atoms with E-state index < -0.39 is 36.0 Å². The van der Waals surface area contributed by atoms with Crippen molar-refractivity contribution in [2.45, 2.75) is 58.0 Å². The predicted octanol–water partition coefficient (Wildman–Crippen LogP) is 2.71. The number of aromatic nitrogens is 2. The number of halogens is 3. The average molecular weight is 415 g/mol. The first-order chi connectivity index (χ1) is 13.5. The first-order valence-electron chi connectivity index (χ1n) is 9.81. The lowest BCUT2D eigenvalue weighted by atomic mass is 10.0. The number of aliphatic carboxylic acids is 1. The lowest BCUT2D eigenvalue weighted by Crippen LogP contribution is -2.46. The Morgan fingerprint density at radius 1 is 1.34 bits per heavy atom. The fourth-order valence-corrected chi connectivity index (χ4v) is 4.95. The molecule has 3 heterocycles. The van der Waals surface area contributed by atoms with E-state index in [1.807, 2.05) is 13.8 Å². The molecule has 1 aromatic heterocycles. The molecule has 1 unspecified atom stereocenters. The standard InChI is InChI=1S/C19H24F3N3O4/c1-18(2)11-9-24(16(15(11)18)17(27)28)13(26)8-10-7-12(19(20,21)22)23-25(10)14-5-3-4-6-29-14/h7,11,14-16H,3-6,8-9H2,1-2H3,(H,27,28)/t11-,14?,15-,16-/m0/s1. The van der Waals surface area contributed by atoms with Crippen LogP contribution in [0.25, 0.3) is 0 Å². The molecule has 10 heteroatoms. The maximum absolute atomic E-state index is 13.2. The normalized spacial score (nSPS) is 30.9. The van der Waals surface area contributed by atoms with Gasteiger partial charge in [0.1, 0.15) is 12.3 Å². The molecule has 0 aromatic carbocycles. The maximum atomic E-state index is 13.2. The minimum Gasteiger partial charge on any atom is -0.480 e. The lowest BCUT2D eigenvalue weighted by molar-refractivity contribution is -0.150. The van der Waals surface area contributed by atoms with Crippen LogP contribution in [0, 0.1) is 17.3 Å². The summed E-state index contributed by atoms with van der Waals surface area (Å²) in [6.45, 7) is 4.69. The molecule has 0 bridgehead atoms. The summed E-state index contributed by atoms with van der Waals surface area (Å²) in [5.41, 5.74) is -1.12. The van der Waals surface area contributed by atoms with Gasteiger partial charge < -0.3 is 14.7 Å². The van der Waals surface area contributed by atoms with Crippen LogP contribution >= 0.6 is 0 Å². The van der Waals surface area contributed by atoms with Crippen molar-refractivity contribution in [3.05, 3.63) is 17.5 Å². The van der Waals surface area contributed by atoms with Gasteiger partial charge in [0, 0.05) is 19.1 Å². The summed E-state index contributed by atoms with van der Waals surface area (Å²) in [6, 6.07) is -0.0706. The molecule has 160 valence electrons. The quantitative estimate of drug-likeness (QED) is 0.818. The fraction of sp³-hybridized carbons (Fsp3) is 0.737. The van der Waals surface area contributed by atoms with Crippen molar-refractivity contribution >= 4 is 11.9 Å². The molecule has 3 aliphatic rings. The number of rotatable bonds is 4. The summed E-state index contributed by atoms with van der Waals surface area (Å²) in [4.78, 5) is 26.0. The van der Waals surface area contributed by atoms with E-state index in [-0.39, 0.29) is 29.4 Å². The molecule has 2 saturated heterocycles. The zero-order chi connectivity index (χ0) is 21.1. The molecule has 0 spiro atoms. The van der Waals surface area contributed by atoms with Gasteiger partial charge in [-0.3, -0.25) is 4.79 Å². The molecule has 1 aliphatic carbocycles. The summed E-state index contributed by atoms with van der Waals surface area (Å²) >= 11 is 0. The summed E-state index contributed by atoms with van der Waals surface area (Å²) < 4.78 is 46.3. The summed E-state index contributed by atoms with van der Waals surface area (Å²) in [7, 11) is 0. The number of piperidine rings is 1. The third-order valence-electron chi connectivity index (χ3n) is 6.65. The highest BCUT2D eigenvalue weighted by Gasteiger charge is 2.69. The number of alkyl halides is 3. The van der Waals surface area contributed by atoms with Crippen molar-refractivity contribution in [2.75, 3.05) is 13.2 Å². The first kappa shape index (κ1) is 20.2. The Morgan fingerprint density at radius 2 is 2.07 bits per heavy atom. The van der Waals surface area contributed by atoms with Gasteiger partial charge in [0.05, 0.1) is 12.1 Å². The molecule has 4 rings (SSSR count). The third-order valence-corrected chi connectivity index (χ3v) is 6.65. The molecule has 1 saturated carbocycles. The second-order valence-electron chi connectivity index (χ2n) is 8.74. The van der Waals surface area contributed by atoms with Gasteiger partial charge in [-0.1, -0.05) is 13.8 Å². The molecule has 1 aromatic rings. The highest BCUT2D eigenvalue weighted by atomic mass is 19.4. The fourth-order valence-electron chi connectivity index (χ4n) is 4.95. The van der Waals surface area contributed by atoms with Gasteiger partial charge in [0.2, 0.25) is 5.91 Å². The van der Waals surface area contributed by atoms with Crippen LogP contribution in [0.15, 0.2) is 6.07 Å². The Hall–Kier alpha value is -2.10. The van der Waals surface area contributed by atoms with Crippen LogP contribution in [0.1, 0.15) is 50.7 Å². The van der Waals surface area contributed by atoms with Crippen LogP contribution < -0.4 is 0 Å². The summed E-state index contributed by atoms with van der Waals surface area (Å²) in [5, 5.41) is 13.3. The van der Waals surface area contributed by atoms with Crippen LogP contribution in [-0.4, -0.2) is 50.9 Å². The number of carbonyl (C=O) groups excluding carboxylic acids is 1. The number of carboxylic acid groups (broad SMARTS) is 1. The van der Waals surface area contributed by atoms with Crippen LogP contribution in [-0.2, 0) is 26.9 Å². The molecule has 7 nitrogen and oxygen atoms in total. The summed E-state index contributed by atoms with van der Waals surface area (Å²) in [6.07, 6.45) is -3.49. The number of carboxylic acids is 1. The number of nitrogens with zero attached hydrogens (tertiary/aromatic N) is 3.